The summed E-state index contributed by atoms with van der Waals surface area (Å²) in [6.45, 7) is 2.91. The van der Waals surface area contributed by atoms with Crippen molar-refractivity contribution >= 4 is 16.9 Å². The summed E-state index contributed by atoms with van der Waals surface area (Å²) in [4.78, 5) is 34.0. The molecule has 2 heterocycles. The number of hydrogen-bond donors (Lipinski definition) is 2. The first-order chi connectivity index (χ1) is 17.2. The Morgan fingerprint density at radius 3 is 2.46 bits per heavy atom. The summed E-state index contributed by atoms with van der Waals surface area (Å²) in [5.41, 5.74) is 2.53. The SMILES string of the molecule is O=C(NC1CCCC1)N(Cc1cc2ccccc2[nH]c1=O)CC(c1ccccc1)N1CCCCC1. The zero-order valence-corrected chi connectivity index (χ0v) is 20.4. The van der Waals surface area contributed by atoms with Crippen LogP contribution in [0, 0.1) is 0 Å². The molecule has 1 unspecified atom stereocenters. The molecule has 2 N–H and O–H groups in total. The van der Waals surface area contributed by atoms with Crippen LogP contribution in [-0.2, 0) is 6.54 Å². The minimum atomic E-state index is -0.128. The number of aromatic amines is 1. The highest BCUT2D eigenvalue weighted by Gasteiger charge is 2.28. The second kappa shape index (κ2) is 11.1. The quantitative estimate of drug-likeness (QED) is 0.496. The Hall–Kier alpha value is -3.12. The maximum Gasteiger partial charge on any atom is 0.317 e. The number of likely N-dealkylation sites (tertiary alicyclic amines) is 1. The lowest BCUT2D eigenvalue weighted by atomic mass is 10.0. The first-order valence-corrected chi connectivity index (χ1v) is 13.1. The Labute approximate surface area is 207 Å². The van der Waals surface area contributed by atoms with Crippen LogP contribution in [0.1, 0.15) is 62.1 Å². The molecule has 0 bridgehead atoms. The molecule has 184 valence electrons. The van der Waals surface area contributed by atoms with E-state index in [9.17, 15) is 9.59 Å². The van der Waals surface area contributed by atoms with E-state index in [0.29, 0.717) is 12.1 Å². The van der Waals surface area contributed by atoms with Crippen molar-refractivity contribution in [3.05, 3.63) is 82.1 Å². The molecule has 2 amide bonds. The van der Waals surface area contributed by atoms with Gasteiger partial charge in [0, 0.05) is 23.7 Å². The molecule has 5 rings (SSSR count). The molecular weight excluding hydrogens is 436 g/mol. The molecule has 1 atom stereocenters. The van der Waals surface area contributed by atoms with Gasteiger partial charge in [-0.15, -0.1) is 0 Å². The zero-order valence-electron chi connectivity index (χ0n) is 20.4. The minimum Gasteiger partial charge on any atom is -0.335 e. The summed E-state index contributed by atoms with van der Waals surface area (Å²) in [5, 5.41) is 4.25. The summed E-state index contributed by atoms with van der Waals surface area (Å²) in [7, 11) is 0. The Balaban J connectivity index is 1.45. The molecule has 35 heavy (non-hydrogen) atoms. The van der Waals surface area contributed by atoms with Gasteiger partial charge in [0.05, 0.1) is 12.6 Å². The maximum absolute atomic E-state index is 13.6. The van der Waals surface area contributed by atoms with Crippen molar-refractivity contribution in [3.8, 4) is 0 Å². The number of fused-ring (bicyclic) bond motifs is 1. The fourth-order valence-corrected chi connectivity index (χ4v) is 5.62. The molecule has 3 aromatic rings. The van der Waals surface area contributed by atoms with Gasteiger partial charge in [0.1, 0.15) is 0 Å². The van der Waals surface area contributed by atoms with Crippen LogP contribution < -0.4 is 10.9 Å². The molecule has 1 aromatic heterocycles. The van der Waals surface area contributed by atoms with Crippen LogP contribution >= 0.6 is 0 Å². The van der Waals surface area contributed by atoms with Gasteiger partial charge in [-0.3, -0.25) is 9.69 Å². The number of pyridine rings is 1. The van der Waals surface area contributed by atoms with Crippen molar-refractivity contribution in [3.63, 3.8) is 0 Å². The van der Waals surface area contributed by atoms with E-state index in [1.165, 1.54) is 24.8 Å². The number of nitrogens with one attached hydrogen (secondary N) is 2. The molecular formula is C29H36N4O2. The van der Waals surface area contributed by atoms with Crippen LogP contribution in [0.2, 0.25) is 0 Å². The van der Waals surface area contributed by atoms with E-state index in [1.54, 1.807) is 0 Å². The van der Waals surface area contributed by atoms with Crippen molar-refractivity contribution in [2.24, 2.45) is 0 Å². The lowest BCUT2D eigenvalue weighted by Gasteiger charge is -2.38. The fraction of sp³-hybridized carbons (Fsp3) is 0.448. The molecule has 2 fully saturated rings. The Morgan fingerprint density at radius 2 is 1.69 bits per heavy atom. The van der Waals surface area contributed by atoms with Gasteiger partial charge in [0.15, 0.2) is 0 Å². The molecule has 6 heteroatoms. The van der Waals surface area contributed by atoms with Crippen molar-refractivity contribution in [1.82, 2.24) is 20.1 Å². The van der Waals surface area contributed by atoms with E-state index in [2.05, 4.69) is 39.5 Å². The fourth-order valence-electron chi connectivity index (χ4n) is 5.62. The van der Waals surface area contributed by atoms with Crippen LogP contribution in [0.3, 0.4) is 0 Å². The van der Waals surface area contributed by atoms with Crippen LogP contribution in [0.4, 0.5) is 4.79 Å². The van der Waals surface area contributed by atoms with Crippen molar-refractivity contribution in [1.29, 1.82) is 0 Å². The molecule has 1 saturated heterocycles. The number of carbonyl (C=O) groups is 1. The number of rotatable bonds is 7. The molecule has 0 radical (unpaired) electrons. The highest BCUT2D eigenvalue weighted by molar-refractivity contribution is 5.79. The second-order valence-corrected chi connectivity index (χ2v) is 10.0. The Kier molecular flexibility index (Phi) is 7.48. The molecule has 1 aliphatic carbocycles. The number of hydrogen-bond acceptors (Lipinski definition) is 3. The predicted octanol–water partition coefficient (Wildman–Crippen LogP) is 5.21. The van der Waals surface area contributed by atoms with Crippen LogP contribution in [-0.4, -0.2) is 46.5 Å². The van der Waals surface area contributed by atoms with Gasteiger partial charge >= 0.3 is 6.03 Å². The van der Waals surface area contributed by atoms with E-state index in [0.717, 1.165) is 49.7 Å². The van der Waals surface area contributed by atoms with Gasteiger partial charge in [0.2, 0.25) is 0 Å². The van der Waals surface area contributed by atoms with Gasteiger partial charge in [-0.25, -0.2) is 4.79 Å². The van der Waals surface area contributed by atoms with Crippen LogP contribution in [0.25, 0.3) is 10.9 Å². The average Bonchev–Trinajstić information content (AvgIpc) is 3.41. The lowest BCUT2D eigenvalue weighted by Crippen LogP contribution is -2.48. The van der Waals surface area contributed by atoms with Gasteiger partial charge in [-0.05, 0) is 61.9 Å². The number of piperidine rings is 1. The highest BCUT2D eigenvalue weighted by Crippen LogP contribution is 2.27. The summed E-state index contributed by atoms with van der Waals surface area (Å²) in [5.74, 6) is 0. The van der Waals surface area contributed by atoms with Crippen LogP contribution in [0.15, 0.2) is 65.5 Å². The molecule has 2 aliphatic rings. The smallest absolute Gasteiger partial charge is 0.317 e. The Bertz CT molecular complexity index is 1180. The van der Waals surface area contributed by atoms with Crippen molar-refractivity contribution in [2.45, 2.75) is 63.6 Å². The third-order valence-corrected chi connectivity index (χ3v) is 7.57. The van der Waals surface area contributed by atoms with Gasteiger partial charge < -0.3 is 15.2 Å². The third kappa shape index (κ3) is 5.76. The number of carbonyl (C=O) groups excluding carboxylic acids is 1. The first-order valence-electron chi connectivity index (χ1n) is 13.1. The second-order valence-electron chi connectivity index (χ2n) is 10.0. The maximum atomic E-state index is 13.6. The summed E-state index contributed by atoms with van der Waals surface area (Å²) < 4.78 is 0. The number of benzene rings is 2. The molecule has 2 aromatic carbocycles. The van der Waals surface area contributed by atoms with Gasteiger partial charge in [0.25, 0.3) is 5.56 Å². The number of para-hydroxylation sites is 1. The number of nitrogens with zero attached hydrogens (tertiary/aromatic N) is 2. The minimum absolute atomic E-state index is 0.0672. The molecule has 6 nitrogen and oxygen atoms in total. The van der Waals surface area contributed by atoms with E-state index in [1.807, 2.05) is 41.3 Å². The number of amides is 2. The van der Waals surface area contributed by atoms with Crippen molar-refractivity contribution < 1.29 is 4.79 Å². The normalized spacial score (nSPS) is 17.9. The van der Waals surface area contributed by atoms with E-state index in [4.69, 9.17) is 0 Å². The first kappa shape index (κ1) is 23.6. The standard InChI is InChI=1S/C29H36N4O2/c34-28-24(19-23-13-5-8-16-26(23)31-28)20-33(29(35)30-25-14-6-7-15-25)21-27(22-11-3-1-4-12-22)32-17-9-2-10-18-32/h1,3-5,8,11-13,16,19,25,27H,2,6-7,9-10,14-15,17-18,20-21H2,(H,30,35)(H,31,34). The van der Waals surface area contributed by atoms with Gasteiger partial charge in [-0.2, -0.15) is 0 Å². The largest absolute Gasteiger partial charge is 0.335 e. The van der Waals surface area contributed by atoms with E-state index >= 15 is 0 Å². The lowest BCUT2D eigenvalue weighted by molar-refractivity contribution is 0.120. The average molecular weight is 473 g/mol. The predicted molar refractivity (Wildman–Crippen MR) is 140 cm³/mol. The monoisotopic (exact) mass is 472 g/mol. The number of aromatic nitrogens is 1. The summed E-state index contributed by atoms with van der Waals surface area (Å²) >= 11 is 0. The van der Waals surface area contributed by atoms with Gasteiger partial charge in [-0.1, -0.05) is 67.8 Å². The molecule has 0 spiro atoms. The Morgan fingerprint density at radius 1 is 0.971 bits per heavy atom. The molecule has 1 aliphatic heterocycles. The number of urea groups is 1. The highest BCUT2D eigenvalue weighted by atomic mass is 16.2. The van der Waals surface area contributed by atoms with Crippen LogP contribution in [0.5, 0.6) is 0 Å². The summed E-state index contributed by atoms with van der Waals surface area (Å²) in [6.07, 6.45) is 8.01. The third-order valence-electron chi connectivity index (χ3n) is 7.57. The summed E-state index contributed by atoms with van der Waals surface area (Å²) in [6, 6.07) is 20.5. The zero-order chi connectivity index (χ0) is 24.0. The van der Waals surface area contributed by atoms with E-state index < -0.39 is 0 Å². The van der Waals surface area contributed by atoms with Crippen molar-refractivity contribution in [2.75, 3.05) is 19.6 Å². The topological polar surface area (TPSA) is 68.4 Å². The number of H-pyrrole nitrogens is 1. The van der Waals surface area contributed by atoms with E-state index in [-0.39, 0.29) is 30.2 Å². The molecule has 1 saturated carbocycles.